The smallest absolute Gasteiger partial charge is 0.321 e. The molecular weight excluding hydrogens is 256 g/mol. The van der Waals surface area contributed by atoms with E-state index in [2.05, 4.69) is 0 Å². The number of hydrogen-bond donors (Lipinski definition) is 0. The van der Waals surface area contributed by atoms with Gasteiger partial charge in [0.05, 0.1) is 6.61 Å². The van der Waals surface area contributed by atoms with Gasteiger partial charge in [-0.3, -0.25) is 14.4 Å². The Labute approximate surface area is 112 Å². The van der Waals surface area contributed by atoms with Crippen LogP contribution in [0, 0.1) is 5.92 Å². The van der Waals surface area contributed by atoms with Crippen molar-refractivity contribution in [3.05, 3.63) is 0 Å². The average molecular weight is 276 g/mol. The fraction of sp³-hybridized carbons (Fsp3) is 0.750. The highest BCUT2D eigenvalue weighted by Gasteiger charge is 2.32. The van der Waals surface area contributed by atoms with E-state index in [1.807, 2.05) is 0 Å². The van der Waals surface area contributed by atoms with Crippen molar-refractivity contribution in [2.45, 2.75) is 40.2 Å². The molecule has 0 aromatic heterocycles. The highest BCUT2D eigenvalue weighted by Crippen LogP contribution is 2.17. The first-order valence-electron chi connectivity index (χ1n) is 5.70. The molecule has 1 atom stereocenters. The summed E-state index contributed by atoms with van der Waals surface area (Å²) < 4.78 is 9.94. The molecule has 0 saturated heterocycles. The molecule has 0 fully saturated rings. The van der Waals surface area contributed by atoms with E-state index in [4.69, 9.17) is 9.47 Å². The van der Waals surface area contributed by atoms with Crippen LogP contribution in [0.25, 0.3) is 0 Å². The van der Waals surface area contributed by atoms with Crippen LogP contribution >= 0.6 is 11.8 Å². The molecule has 0 aliphatic rings. The van der Waals surface area contributed by atoms with E-state index in [-0.39, 0.29) is 17.5 Å². The predicted molar refractivity (Wildman–Crippen MR) is 69.1 cm³/mol. The minimum absolute atomic E-state index is 0.0447. The van der Waals surface area contributed by atoms with Crippen LogP contribution in [0.1, 0.15) is 34.6 Å². The molecule has 0 spiro atoms. The molecule has 104 valence electrons. The summed E-state index contributed by atoms with van der Waals surface area (Å²) in [6.45, 7) is 8.36. The van der Waals surface area contributed by atoms with E-state index in [0.717, 1.165) is 11.8 Å². The van der Waals surface area contributed by atoms with Crippen LogP contribution in [0.5, 0.6) is 0 Å². The van der Waals surface area contributed by atoms with E-state index >= 15 is 0 Å². The van der Waals surface area contributed by atoms with Crippen molar-refractivity contribution in [2.75, 3.05) is 12.4 Å². The van der Waals surface area contributed by atoms with Crippen LogP contribution in [-0.2, 0) is 23.9 Å². The number of esters is 2. The van der Waals surface area contributed by atoms with Gasteiger partial charge in [0.25, 0.3) is 0 Å². The van der Waals surface area contributed by atoms with Gasteiger partial charge in [0, 0.05) is 12.7 Å². The second-order valence-corrected chi connectivity index (χ2v) is 5.84. The van der Waals surface area contributed by atoms with Gasteiger partial charge in [0.2, 0.25) is 0 Å². The van der Waals surface area contributed by atoms with Crippen molar-refractivity contribution in [2.24, 2.45) is 5.92 Å². The molecule has 1 unspecified atom stereocenters. The second-order valence-electron chi connectivity index (χ2n) is 4.64. The van der Waals surface area contributed by atoms with Gasteiger partial charge in [-0.2, -0.15) is 0 Å². The molecule has 0 heterocycles. The summed E-state index contributed by atoms with van der Waals surface area (Å²) in [5.74, 6) is -2.32. The van der Waals surface area contributed by atoms with Crippen molar-refractivity contribution in [1.82, 2.24) is 0 Å². The summed E-state index contributed by atoms with van der Waals surface area (Å²) in [4.78, 5) is 34.4. The maximum Gasteiger partial charge on any atom is 0.321 e. The van der Waals surface area contributed by atoms with Crippen LogP contribution < -0.4 is 0 Å². The van der Waals surface area contributed by atoms with Crippen molar-refractivity contribution in [3.8, 4) is 0 Å². The quantitative estimate of drug-likeness (QED) is 0.563. The summed E-state index contributed by atoms with van der Waals surface area (Å²) in [7, 11) is 0. The first-order valence-corrected chi connectivity index (χ1v) is 6.68. The van der Waals surface area contributed by atoms with Crippen LogP contribution in [-0.4, -0.2) is 35.0 Å². The summed E-state index contributed by atoms with van der Waals surface area (Å²) in [6.07, 6.45) is 0. The lowest BCUT2D eigenvalue weighted by molar-refractivity contribution is -0.167. The summed E-state index contributed by atoms with van der Waals surface area (Å²) in [5.41, 5.74) is -0.678. The fourth-order valence-corrected chi connectivity index (χ4v) is 1.72. The van der Waals surface area contributed by atoms with Gasteiger partial charge in [-0.1, -0.05) is 11.8 Å². The first kappa shape index (κ1) is 17.0. The molecule has 0 aliphatic carbocycles. The maximum atomic E-state index is 11.8. The molecule has 5 nitrogen and oxygen atoms in total. The molecule has 0 aromatic rings. The Morgan fingerprint density at radius 2 is 1.72 bits per heavy atom. The molecule has 6 heteroatoms. The average Bonchev–Trinajstić information content (AvgIpc) is 2.14. The van der Waals surface area contributed by atoms with E-state index in [1.54, 1.807) is 27.7 Å². The highest BCUT2D eigenvalue weighted by atomic mass is 32.2. The molecule has 0 bridgehead atoms. The van der Waals surface area contributed by atoms with Gasteiger partial charge in [-0.05, 0) is 27.7 Å². The minimum atomic E-state index is -1.06. The standard InChI is InChI=1S/C12H20O5S/c1-6-16-10(14)9(7-18-8(2)13)11(15)17-12(3,4)5/h9H,6-7H2,1-5H3. The van der Waals surface area contributed by atoms with Crippen molar-refractivity contribution < 1.29 is 23.9 Å². The fourth-order valence-electron chi connectivity index (χ4n) is 1.05. The van der Waals surface area contributed by atoms with Gasteiger partial charge in [0.15, 0.2) is 11.0 Å². The zero-order chi connectivity index (χ0) is 14.3. The monoisotopic (exact) mass is 276 g/mol. The van der Waals surface area contributed by atoms with Crippen LogP contribution in [0.4, 0.5) is 0 Å². The molecule has 18 heavy (non-hydrogen) atoms. The Balaban J connectivity index is 4.68. The number of ether oxygens (including phenoxy) is 2. The Kier molecular flexibility index (Phi) is 6.98. The van der Waals surface area contributed by atoms with Crippen molar-refractivity contribution >= 4 is 28.8 Å². The normalized spacial score (nSPS) is 12.7. The summed E-state index contributed by atoms with van der Waals surface area (Å²) in [5, 5.41) is -0.159. The summed E-state index contributed by atoms with van der Waals surface area (Å²) in [6, 6.07) is 0. The molecule has 0 amide bonds. The van der Waals surface area contributed by atoms with E-state index in [1.165, 1.54) is 6.92 Å². The lowest BCUT2D eigenvalue weighted by atomic mass is 10.1. The third kappa shape index (κ3) is 7.32. The molecule has 0 radical (unpaired) electrons. The van der Waals surface area contributed by atoms with Crippen molar-refractivity contribution in [3.63, 3.8) is 0 Å². The van der Waals surface area contributed by atoms with Crippen LogP contribution in [0.3, 0.4) is 0 Å². The zero-order valence-corrected chi connectivity index (χ0v) is 12.3. The Hall–Kier alpha value is -1.04. The minimum Gasteiger partial charge on any atom is -0.465 e. The number of rotatable bonds is 5. The maximum absolute atomic E-state index is 11.8. The second kappa shape index (κ2) is 7.41. The molecule has 0 aliphatic heterocycles. The summed E-state index contributed by atoms with van der Waals surface area (Å²) >= 11 is 0.907. The van der Waals surface area contributed by atoms with Crippen LogP contribution in [0.15, 0.2) is 0 Å². The lowest BCUT2D eigenvalue weighted by Gasteiger charge is -2.22. The lowest BCUT2D eigenvalue weighted by Crippen LogP contribution is -2.35. The number of carbonyl (C=O) groups excluding carboxylic acids is 3. The third-order valence-corrected chi connectivity index (χ3v) is 2.62. The molecule has 0 rings (SSSR count). The van der Waals surface area contributed by atoms with Crippen molar-refractivity contribution in [1.29, 1.82) is 0 Å². The Morgan fingerprint density at radius 1 is 1.17 bits per heavy atom. The molecule has 0 N–H and O–H groups in total. The molecule has 0 saturated carbocycles. The Morgan fingerprint density at radius 3 is 2.11 bits per heavy atom. The SMILES string of the molecule is CCOC(=O)C(CSC(C)=O)C(=O)OC(C)(C)C. The van der Waals surface area contributed by atoms with Gasteiger partial charge < -0.3 is 9.47 Å². The first-order chi connectivity index (χ1) is 8.17. The largest absolute Gasteiger partial charge is 0.465 e. The number of hydrogen-bond acceptors (Lipinski definition) is 6. The van der Waals surface area contributed by atoms with E-state index in [0.29, 0.717) is 0 Å². The van der Waals surface area contributed by atoms with Gasteiger partial charge in [0.1, 0.15) is 5.60 Å². The topological polar surface area (TPSA) is 69.7 Å². The molecular formula is C12H20O5S. The zero-order valence-electron chi connectivity index (χ0n) is 11.4. The van der Waals surface area contributed by atoms with Gasteiger partial charge >= 0.3 is 11.9 Å². The van der Waals surface area contributed by atoms with Crippen LogP contribution in [0.2, 0.25) is 0 Å². The third-order valence-electron chi connectivity index (χ3n) is 1.72. The van der Waals surface area contributed by atoms with Gasteiger partial charge in [-0.25, -0.2) is 0 Å². The van der Waals surface area contributed by atoms with E-state index < -0.39 is 23.5 Å². The number of carbonyl (C=O) groups is 3. The highest BCUT2D eigenvalue weighted by molar-refractivity contribution is 8.13. The Bertz CT molecular complexity index is 319. The molecule has 0 aromatic carbocycles. The van der Waals surface area contributed by atoms with Gasteiger partial charge in [-0.15, -0.1) is 0 Å². The van der Waals surface area contributed by atoms with E-state index in [9.17, 15) is 14.4 Å². The number of thioether (sulfide) groups is 1. The predicted octanol–water partition coefficient (Wildman–Crippen LogP) is 1.79.